The van der Waals surface area contributed by atoms with Crippen molar-refractivity contribution in [1.82, 2.24) is 4.90 Å². The van der Waals surface area contributed by atoms with Gasteiger partial charge in [0.25, 0.3) is 0 Å². The minimum absolute atomic E-state index is 0.519. The number of halogens is 11. The Bertz CT molecular complexity index is 436. The molecule has 0 bridgehead atoms. The molecule has 0 aromatic rings. The molecule has 1 saturated heterocycles. The predicted octanol–water partition coefficient (Wildman–Crippen LogP) is 3.93. The van der Waals surface area contributed by atoms with E-state index in [2.05, 4.69) is 11.3 Å². The van der Waals surface area contributed by atoms with E-state index in [-0.39, 0.29) is 0 Å². The lowest BCUT2D eigenvalue weighted by molar-refractivity contribution is -0.337. The topological polar surface area (TPSA) is 12.5 Å². The number of hydrogen-bond acceptors (Lipinski definition) is 2. The summed E-state index contributed by atoms with van der Waals surface area (Å²) in [6.07, 6.45) is -22.6. The van der Waals surface area contributed by atoms with Gasteiger partial charge in [0.05, 0.1) is 0 Å². The van der Waals surface area contributed by atoms with E-state index in [1.54, 1.807) is 0 Å². The lowest BCUT2D eigenvalue weighted by Gasteiger charge is -2.43. The van der Waals surface area contributed by atoms with E-state index in [9.17, 15) is 48.3 Å². The van der Waals surface area contributed by atoms with Crippen LogP contribution < -0.4 is 0 Å². The van der Waals surface area contributed by atoms with Gasteiger partial charge in [-0.3, -0.25) is 0 Å². The van der Waals surface area contributed by atoms with Crippen LogP contribution >= 0.6 is 0 Å². The fourth-order valence-electron chi connectivity index (χ4n) is 1.86. The van der Waals surface area contributed by atoms with Crippen molar-refractivity contribution in [3.8, 4) is 0 Å². The van der Waals surface area contributed by atoms with Crippen molar-refractivity contribution in [3.05, 3.63) is 12.7 Å². The maximum atomic E-state index is 13.7. The second kappa shape index (κ2) is 6.32. The standard InChI is InChI=1S/C11H10F11NO/c1-2-8(13,14)7(12)11(21,22)23-3-5(9(15,16)17)24-6(4-23)10(18,19)20/h2,5-7H,1,3-4H2. The normalized spacial score (nSPS) is 26.3. The molecule has 0 spiro atoms. The van der Waals surface area contributed by atoms with E-state index >= 15 is 0 Å². The molecule has 1 aliphatic heterocycles. The largest absolute Gasteiger partial charge is 0.415 e. The van der Waals surface area contributed by atoms with Gasteiger partial charge in [-0.15, -0.1) is 0 Å². The Morgan fingerprint density at radius 2 is 1.25 bits per heavy atom. The van der Waals surface area contributed by atoms with Gasteiger partial charge in [0.1, 0.15) is 0 Å². The molecule has 13 heteroatoms. The highest BCUT2D eigenvalue weighted by Crippen LogP contribution is 2.41. The Hall–Kier alpha value is -1.11. The van der Waals surface area contributed by atoms with Gasteiger partial charge in [-0.2, -0.15) is 43.9 Å². The maximum Gasteiger partial charge on any atom is 0.415 e. The van der Waals surface area contributed by atoms with Gasteiger partial charge in [-0.25, -0.2) is 9.29 Å². The van der Waals surface area contributed by atoms with Crippen molar-refractivity contribution in [2.75, 3.05) is 13.1 Å². The van der Waals surface area contributed by atoms with E-state index < -0.39 is 66.8 Å². The summed E-state index contributed by atoms with van der Waals surface area (Å²) in [4.78, 5) is -0.950. The molecule has 0 aromatic carbocycles. The number of rotatable bonds is 4. The zero-order valence-corrected chi connectivity index (χ0v) is 11.4. The zero-order chi connectivity index (χ0) is 19.1. The van der Waals surface area contributed by atoms with Crippen LogP contribution in [0.2, 0.25) is 0 Å². The van der Waals surface area contributed by atoms with E-state index in [0.717, 1.165) is 0 Å². The highest BCUT2D eigenvalue weighted by Gasteiger charge is 2.62. The van der Waals surface area contributed by atoms with Crippen molar-refractivity contribution in [2.24, 2.45) is 0 Å². The van der Waals surface area contributed by atoms with Gasteiger partial charge in [-0.05, 0) is 6.08 Å². The second-order valence-corrected chi connectivity index (χ2v) is 4.93. The van der Waals surface area contributed by atoms with Crippen LogP contribution in [0.4, 0.5) is 48.3 Å². The number of allylic oxidation sites excluding steroid dienone is 1. The summed E-state index contributed by atoms with van der Waals surface area (Å²) in [6.45, 7) is -1.50. The number of alkyl halides is 11. The SMILES string of the molecule is C=CC(F)(F)C(F)C(F)(F)N1CC(C(F)(F)F)OC(C(F)(F)F)C1. The van der Waals surface area contributed by atoms with Crippen LogP contribution in [0.25, 0.3) is 0 Å². The smallest absolute Gasteiger partial charge is 0.353 e. The molecule has 0 aliphatic carbocycles. The third kappa shape index (κ3) is 4.29. The van der Waals surface area contributed by atoms with Crippen LogP contribution in [-0.2, 0) is 4.74 Å². The van der Waals surface area contributed by atoms with Gasteiger partial charge in [0.15, 0.2) is 12.2 Å². The molecule has 0 amide bonds. The van der Waals surface area contributed by atoms with Crippen molar-refractivity contribution in [1.29, 1.82) is 0 Å². The quantitative estimate of drug-likeness (QED) is 0.416. The summed E-state index contributed by atoms with van der Waals surface area (Å²) in [7, 11) is 0. The zero-order valence-electron chi connectivity index (χ0n) is 11.4. The average Bonchev–Trinajstić information content (AvgIpc) is 2.44. The highest BCUT2D eigenvalue weighted by atomic mass is 19.4. The number of morpholine rings is 1. The summed E-state index contributed by atoms with van der Waals surface area (Å²) < 4.78 is 146. The van der Waals surface area contributed by atoms with Crippen molar-refractivity contribution < 1.29 is 53.0 Å². The lowest BCUT2D eigenvalue weighted by atomic mass is 10.1. The summed E-state index contributed by atoms with van der Waals surface area (Å²) in [5.41, 5.74) is 0. The molecule has 24 heavy (non-hydrogen) atoms. The van der Waals surface area contributed by atoms with E-state index in [0.29, 0.717) is 0 Å². The van der Waals surface area contributed by atoms with Crippen LogP contribution in [-0.4, -0.2) is 60.7 Å². The van der Waals surface area contributed by atoms with Crippen LogP contribution in [0.1, 0.15) is 0 Å². The molecule has 2 nitrogen and oxygen atoms in total. The maximum absolute atomic E-state index is 13.7. The van der Waals surface area contributed by atoms with Crippen LogP contribution in [0.3, 0.4) is 0 Å². The van der Waals surface area contributed by atoms with Gasteiger partial charge in [-0.1, -0.05) is 6.58 Å². The summed E-state index contributed by atoms with van der Waals surface area (Å²) in [5.74, 6) is -4.87. The molecule has 0 saturated carbocycles. The molecule has 1 fully saturated rings. The number of nitrogens with zero attached hydrogens (tertiary/aromatic N) is 1. The first kappa shape index (κ1) is 20.9. The number of hydrogen-bond donors (Lipinski definition) is 0. The first-order valence-corrected chi connectivity index (χ1v) is 6.10. The monoisotopic (exact) mass is 381 g/mol. The summed E-state index contributed by atoms with van der Waals surface area (Å²) in [6, 6.07) is -5.32. The lowest BCUT2D eigenvalue weighted by Crippen LogP contribution is -2.65. The first-order chi connectivity index (χ1) is 10.5. The molecule has 0 aromatic heterocycles. The fraction of sp³-hybridized carbons (Fsp3) is 0.818. The molecule has 3 atom stereocenters. The summed E-state index contributed by atoms with van der Waals surface area (Å²) >= 11 is 0. The molecule has 0 N–H and O–H groups in total. The minimum Gasteiger partial charge on any atom is -0.353 e. The molecule has 1 heterocycles. The fourth-order valence-corrected chi connectivity index (χ4v) is 1.86. The van der Waals surface area contributed by atoms with Crippen molar-refractivity contribution >= 4 is 0 Å². The van der Waals surface area contributed by atoms with Gasteiger partial charge >= 0.3 is 24.3 Å². The third-order valence-corrected chi connectivity index (χ3v) is 3.17. The molecule has 3 unspecified atom stereocenters. The summed E-state index contributed by atoms with van der Waals surface area (Å²) in [5, 5.41) is 0. The molecular formula is C11H10F11NO. The van der Waals surface area contributed by atoms with Gasteiger partial charge in [0.2, 0.25) is 6.17 Å². The third-order valence-electron chi connectivity index (χ3n) is 3.17. The van der Waals surface area contributed by atoms with E-state index in [4.69, 9.17) is 0 Å². The predicted molar refractivity (Wildman–Crippen MR) is 57.3 cm³/mol. The Labute approximate surface area is 127 Å². The van der Waals surface area contributed by atoms with Crippen LogP contribution in [0, 0.1) is 0 Å². The van der Waals surface area contributed by atoms with Gasteiger partial charge < -0.3 is 4.74 Å². The Kier molecular flexibility index (Phi) is 5.51. The Balaban J connectivity index is 3.17. The van der Waals surface area contributed by atoms with Crippen molar-refractivity contribution in [3.63, 3.8) is 0 Å². The van der Waals surface area contributed by atoms with Crippen molar-refractivity contribution in [2.45, 2.75) is 42.7 Å². The molecule has 1 aliphatic rings. The van der Waals surface area contributed by atoms with E-state index in [1.165, 1.54) is 0 Å². The molecule has 1 rings (SSSR count). The van der Waals surface area contributed by atoms with E-state index in [1.807, 2.05) is 0 Å². The minimum atomic E-state index is -5.50. The van der Waals surface area contributed by atoms with Crippen LogP contribution in [0.15, 0.2) is 12.7 Å². The Morgan fingerprint density at radius 1 is 0.875 bits per heavy atom. The number of ether oxygens (including phenoxy) is 1. The molecule has 142 valence electrons. The highest BCUT2D eigenvalue weighted by molar-refractivity contribution is 5.01. The molecular weight excluding hydrogens is 371 g/mol. The first-order valence-electron chi connectivity index (χ1n) is 6.10. The second-order valence-electron chi connectivity index (χ2n) is 4.93. The van der Waals surface area contributed by atoms with Gasteiger partial charge in [0, 0.05) is 13.1 Å². The van der Waals surface area contributed by atoms with Crippen LogP contribution in [0.5, 0.6) is 0 Å². The molecule has 0 radical (unpaired) electrons. The average molecular weight is 381 g/mol. The Morgan fingerprint density at radius 3 is 1.54 bits per heavy atom.